The summed E-state index contributed by atoms with van der Waals surface area (Å²) in [6.07, 6.45) is 5.39. The van der Waals surface area contributed by atoms with E-state index >= 15 is 0 Å². The molecule has 2 heterocycles. The van der Waals surface area contributed by atoms with Crippen molar-refractivity contribution >= 4 is 29.0 Å². The van der Waals surface area contributed by atoms with Crippen LogP contribution in [0, 0.1) is 0 Å². The van der Waals surface area contributed by atoms with E-state index in [9.17, 15) is 9.59 Å². The maximum absolute atomic E-state index is 12.6. The van der Waals surface area contributed by atoms with Gasteiger partial charge in [-0.25, -0.2) is 4.79 Å². The molecule has 0 bridgehead atoms. The van der Waals surface area contributed by atoms with Crippen molar-refractivity contribution in [2.24, 2.45) is 0 Å². The number of nitrogens with zero attached hydrogens (tertiary/aromatic N) is 1. The topological polar surface area (TPSA) is 61.4 Å². The number of rotatable bonds is 5. The lowest BCUT2D eigenvalue weighted by atomic mass is 10.1. The molecule has 1 aromatic carbocycles. The third-order valence-electron chi connectivity index (χ3n) is 4.52. The smallest absolute Gasteiger partial charge is 0.319 e. The van der Waals surface area contributed by atoms with E-state index in [2.05, 4.69) is 16.7 Å². The highest BCUT2D eigenvalue weighted by atomic mass is 32.1. The Morgan fingerprint density at radius 2 is 1.73 bits per heavy atom. The highest BCUT2D eigenvalue weighted by molar-refractivity contribution is 7.09. The number of anilines is 1. The SMILES string of the molecule is O=C(NCCc1cccs1)Nc1ccc(C(=O)N2CCCCCC2)cc1. The Morgan fingerprint density at radius 1 is 1.00 bits per heavy atom. The van der Waals surface area contributed by atoms with Crippen LogP contribution >= 0.6 is 11.3 Å². The van der Waals surface area contributed by atoms with Crippen molar-refractivity contribution in [1.29, 1.82) is 0 Å². The van der Waals surface area contributed by atoms with Crippen molar-refractivity contribution in [2.45, 2.75) is 32.1 Å². The Hall–Kier alpha value is -2.34. The van der Waals surface area contributed by atoms with Gasteiger partial charge in [0.15, 0.2) is 0 Å². The van der Waals surface area contributed by atoms with Gasteiger partial charge in [0, 0.05) is 35.8 Å². The van der Waals surface area contributed by atoms with Crippen LogP contribution in [0.25, 0.3) is 0 Å². The minimum Gasteiger partial charge on any atom is -0.339 e. The normalized spacial score (nSPS) is 14.5. The molecule has 0 unspecified atom stereocenters. The van der Waals surface area contributed by atoms with Crippen LogP contribution in [-0.2, 0) is 6.42 Å². The van der Waals surface area contributed by atoms with Gasteiger partial charge in [-0.1, -0.05) is 18.9 Å². The minimum absolute atomic E-state index is 0.0823. The molecule has 3 amide bonds. The van der Waals surface area contributed by atoms with E-state index in [4.69, 9.17) is 0 Å². The molecule has 2 aromatic rings. The first-order valence-electron chi connectivity index (χ1n) is 9.19. The fourth-order valence-corrected chi connectivity index (χ4v) is 3.79. The van der Waals surface area contributed by atoms with E-state index in [0.717, 1.165) is 32.4 Å². The molecule has 0 radical (unpaired) electrons. The molecular weight excluding hydrogens is 346 g/mol. The number of benzene rings is 1. The van der Waals surface area contributed by atoms with Gasteiger partial charge >= 0.3 is 6.03 Å². The fourth-order valence-electron chi connectivity index (χ4n) is 3.08. The van der Waals surface area contributed by atoms with Gasteiger partial charge in [0.05, 0.1) is 0 Å². The van der Waals surface area contributed by atoms with Gasteiger partial charge in [0.25, 0.3) is 5.91 Å². The lowest BCUT2D eigenvalue weighted by molar-refractivity contribution is 0.0761. The van der Waals surface area contributed by atoms with Crippen LogP contribution in [0.15, 0.2) is 41.8 Å². The highest BCUT2D eigenvalue weighted by Gasteiger charge is 2.17. The molecule has 6 heteroatoms. The Balaban J connectivity index is 1.47. The van der Waals surface area contributed by atoms with Crippen molar-refractivity contribution in [1.82, 2.24) is 10.2 Å². The number of carbonyl (C=O) groups is 2. The fraction of sp³-hybridized carbons (Fsp3) is 0.400. The van der Waals surface area contributed by atoms with Crippen LogP contribution in [0.5, 0.6) is 0 Å². The van der Waals surface area contributed by atoms with Gasteiger partial charge in [-0.15, -0.1) is 11.3 Å². The van der Waals surface area contributed by atoms with Gasteiger partial charge in [-0.05, 0) is 55.0 Å². The lowest BCUT2D eigenvalue weighted by Crippen LogP contribution is -2.32. The van der Waals surface area contributed by atoms with Crippen molar-refractivity contribution in [2.75, 3.05) is 25.0 Å². The second kappa shape index (κ2) is 9.38. The Morgan fingerprint density at radius 3 is 2.38 bits per heavy atom. The number of thiophene rings is 1. The first-order chi connectivity index (χ1) is 12.7. The second-order valence-electron chi connectivity index (χ2n) is 6.49. The molecule has 1 aliphatic heterocycles. The van der Waals surface area contributed by atoms with Crippen molar-refractivity contribution in [3.63, 3.8) is 0 Å². The van der Waals surface area contributed by atoms with E-state index in [1.54, 1.807) is 35.6 Å². The maximum atomic E-state index is 12.6. The Labute approximate surface area is 158 Å². The van der Waals surface area contributed by atoms with Crippen LogP contribution in [0.2, 0.25) is 0 Å². The van der Waals surface area contributed by atoms with Crippen LogP contribution in [0.3, 0.4) is 0 Å². The summed E-state index contributed by atoms with van der Waals surface area (Å²) in [5.74, 6) is 0.0823. The summed E-state index contributed by atoms with van der Waals surface area (Å²) in [5.41, 5.74) is 1.36. The van der Waals surface area contributed by atoms with E-state index < -0.39 is 0 Å². The van der Waals surface area contributed by atoms with Crippen LogP contribution in [-0.4, -0.2) is 36.5 Å². The predicted molar refractivity (Wildman–Crippen MR) is 106 cm³/mol. The highest BCUT2D eigenvalue weighted by Crippen LogP contribution is 2.15. The van der Waals surface area contributed by atoms with Crippen LogP contribution < -0.4 is 10.6 Å². The zero-order chi connectivity index (χ0) is 18.2. The molecule has 0 aliphatic carbocycles. The molecular formula is C20H25N3O2S. The Kier molecular flexibility index (Phi) is 6.66. The molecule has 0 atom stereocenters. The number of urea groups is 1. The van der Waals surface area contributed by atoms with Gasteiger partial charge in [-0.3, -0.25) is 4.79 Å². The number of nitrogens with one attached hydrogen (secondary N) is 2. The summed E-state index contributed by atoms with van der Waals surface area (Å²) < 4.78 is 0. The molecule has 0 spiro atoms. The molecule has 26 heavy (non-hydrogen) atoms. The predicted octanol–water partition coefficient (Wildman–Crippen LogP) is 4.13. The summed E-state index contributed by atoms with van der Waals surface area (Å²) in [4.78, 5) is 27.7. The molecule has 3 rings (SSSR count). The monoisotopic (exact) mass is 371 g/mol. The third-order valence-corrected chi connectivity index (χ3v) is 5.46. The molecule has 138 valence electrons. The number of hydrogen-bond acceptors (Lipinski definition) is 3. The quantitative estimate of drug-likeness (QED) is 0.830. The largest absolute Gasteiger partial charge is 0.339 e. The van der Waals surface area contributed by atoms with Gasteiger partial charge in [0.2, 0.25) is 0 Å². The molecule has 1 fully saturated rings. The minimum atomic E-state index is -0.229. The molecule has 1 aliphatic rings. The summed E-state index contributed by atoms with van der Waals surface area (Å²) in [7, 11) is 0. The van der Waals surface area contributed by atoms with Crippen molar-refractivity contribution in [3.05, 3.63) is 52.2 Å². The number of hydrogen-bond donors (Lipinski definition) is 2. The zero-order valence-electron chi connectivity index (χ0n) is 14.9. The molecule has 2 N–H and O–H groups in total. The lowest BCUT2D eigenvalue weighted by Gasteiger charge is -2.20. The van der Waals surface area contributed by atoms with Gasteiger partial charge < -0.3 is 15.5 Å². The van der Waals surface area contributed by atoms with Gasteiger partial charge in [0.1, 0.15) is 0 Å². The first kappa shape index (κ1) is 18.5. The standard InChI is InChI=1S/C20H25N3O2S/c24-19(23-13-3-1-2-4-14-23)16-7-9-17(10-8-16)22-20(25)21-12-11-18-6-5-15-26-18/h5-10,15H,1-4,11-14H2,(H2,21,22,25). The number of amides is 3. The zero-order valence-corrected chi connectivity index (χ0v) is 15.7. The van der Waals surface area contributed by atoms with Crippen LogP contribution in [0.1, 0.15) is 40.9 Å². The van der Waals surface area contributed by atoms with E-state index in [-0.39, 0.29) is 11.9 Å². The summed E-state index contributed by atoms with van der Waals surface area (Å²) >= 11 is 1.69. The molecule has 5 nitrogen and oxygen atoms in total. The summed E-state index contributed by atoms with van der Waals surface area (Å²) in [6.45, 7) is 2.27. The maximum Gasteiger partial charge on any atom is 0.319 e. The summed E-state index contributed by atoms with van der Waals surface area (Å²) in [5, 5.41) is 7.68. The van der Waals surface area contributed by atoms with E-state index in [0.29, 0.717) is 17.8 Å². The second-order valence-corrected chi connectivity index (χ2v) is 7.53. The average Bonchev–Trinajstić information content (AvgIpc) is 3.02. The molecule has 1 aromatic heterocycles. The summed E-state index contributed by atoms with van der Waals surface area (Å²) in [6, 6.07) is 11.0. The first-order valence-corrected chi connectivity index (χ1v) is 10.1. The Bertz CT molecular complexity index is 705. The number of likely N-dealkylation sites (tertiary alicyclic amines) is 1. The van der Waals surface area contributed by atoms with Gasteiger partial charge in [-0.2, -0.15) is 0 Å². The molecule has 0 saturated carbocycles. The average molecular weight is 372 g/mol. The molecule has 1 saturated heterocycles. The third kappa shape index (κ3) is 5.33. The van der Waals surface area contributed by atoms with Crippen molar-refractivity contribution in [3.8, 4) is 0 Å². The number of carbonyl (C=O) groups excluding carboxylic acids is 2. The van der Waals surface area contributed by atoms with E-state index in [1.165, 1.54) is 17.7 Å². The van der Waals surface area contributed by atoms with Crippen LogP contribution in [0.4, 0.5) is 10.5 Å². The van der Waals surface area contributed by atoms with E-state index in [1.807, 2.05) is 16.3 Å². The van der Waals surface area contributed by atoms with Crippen molar-refractivity contribution < 1.29 is 9.59 Å².